The molecule has 1 rings (SSSR count). The van der Waals surface area contributed by atoms with E-state index in [1.54, 1.807) is 4.89 Å². The summed E-state index contributed by atoms with van der Waals surface area (Å²) in [5.41, 5.74) is 4.72. The number of halogens is 2. The van der Waals surface area contributed by atoms with Gasteiger partial charge in [0.2, 0.25) is 5.91 Å². The minimum absolute atomic E-state index is 0.0551. The van der Waals surface area contributed by atoms with Gasteiger partial charge in [0, 0.05) is 5.02 Å². The zero-order chi connectivity index (χ0) is 13.1. The summed E-state index contributed by atoms with van der Waals surface area (Å²) in [4.78, 5) is 15.5. The predicted octanol–water partition coefficient (Wildman–Crippen LogP) is 0.174. The fourth-order valence-corrected chi connectivity index (χ4v) is 1.94. The van der Waals surface area contributed by atoms with Gasteiger partial charge in [-0.25, -0.2) is 12.8 Å². The molecule has 1 aromatic carbocycles. The molecule has 0 atom stereocenters. The maximum absolute atomic E-state index is 13.3. The Morgan fingerprint density at radius 1 is 1.53 bits per heavy atom. The highest BCUT2D eigenvalue weighted by Gasteiger charge is 2.19. The van der Waals surface area contributed by atoms with Crippen molar-refractivity contribution < 1.29 is 22.4 Å². The van der Waals surface area contributed by atoms with Crippen LogP contribution in [0.5, 0.6) is 0 Å². The van der Waals surface area contributed by atoms with E-state index in [1.165, 1.54) is 6.07 Å². The molecule has 1 amide bonds. The number of nitrogens with one attached hydrogen (secondary N) is 1. The molecule has 0 aliphatic rings. The largest absolute Gasteiger partial charge is 0.368 e. The third-order valence-electron chi connectivity index (χ3n) is 1.57. The molecule has 0 aromatic heterocycles. The van der Waals surface area contributed by atoms with E-state index in [2.05, 4.69) is 4.84 Å². The summed E-state index contributed by atoms with van der Waals surface area (Å²) in [5, 5.41) is 0.0551. The lowest BCUT2D eigenvalue weighted by Crippen LogP contribution is -2.29. The minimum Gasteiger partial charge on any atom is -0.368 e. The van der Waals surface area contributed by atoms with Crippen molar-refractivity contribution in [3.8, 4) is 0 Å². The monoisotopic (exact) mass is 282 g/mol. The first-order valence-corrected chi connectivity index (χ1v) is 6.06. The lowest BCUT2D eigenvalue weighted by Gasteiger charge is -2.06. The number of amides is 1. The second-order valence-corrected chi connectivity index (χ2v) is 4.97. The fourth-order valence-electron chi connectivity index (χ4n) is 0.916. The first kappa shape index (κ1) is 13.8. The molecule has 1 aromatic rings. The second kappa shape index (κ2) is 5.41. The van der Waals surface area contributed by atoms with Crippen LogP contribution in [0.1, 0.15) is 0 Å². The average molecular weight is 283 g/mol. The molecule has 0 saturated carbocycles. The Morgan fingerprint density at radius 3 is 2.71 bits per heavy atom. The number of carbonyl (C=O) groups excluding carboxylic acids is 1. The van der Waals surface area contributed by atoms with Gasteiger partial charge in [0.1, 0.15) is 17.3 Å². The summed E-state index contributed by atoms with van der Waals surface area (Å²) in [6.07, 6.45) is 0. The Morgan fingerprint density at radius 2 is 2.18 bits per heavy atom. The molecule has 0 saturated heterocycles. The van der Waals surface area contributed by atoms with Crippen LogP contribution in [0.2, 0.25) is 5.02 Å². The highest BCUT2D eigenvalue weighted by molar-refractivity contribution is 7.89. The van der Waals surface area contributed by atoms with Gasteiger partial charge in [-0.15, -0.1) is 0 Å². The second-order valence-electron chi connectivity index (χ2n) is 2.92. The van der Waals surface area contributed by atoms with Crippen molar-refractivity contribution in [3.63, 3.8) is 0 Å². The lowest BCUT2D eigenvalue weighted by atomic mass is 10.3. The van der Waals surface area contributed by atoms with Crippen LogP contribution in [0.15, 0.2) is 23.1 Å². The van der Waals surface area contributed by atoms with Gasteiger partial charge in [0.05, 0.1) is 0 Å². The first-order chi connectivity index (χ1) is 7.83. The molecule has 17 heavy (non-hydrogen) atoms. The summed E-state index contributed by atoms with van der Waals surface area (Å²) < 4.78 is 36.2. The molecule has 0 aliphatic heterocycles. The molecule has 0 radical (unpaired) electrons. The normalized spacial score (nSPS) is 11.4. The van der Waals surface area contributed by atoms with Crippen molar-refractivity contribution in [3.05, 3.63) is 29.0 Å². The van der Waals surface area contributed by atoms with Gasteiger partial charge in [0.25, 0.3) is 10.0 Å². The third kappa shape index (κ3) is 3.93. The molecule has 6 nitrogen and oxygen atoms in total. The Balaban J connectivity index is 2.86. The van der Waals surface area contributed by atoms with Gasteiger partial charge in [-0.2, -0.15) is 0 Å². The Hall–Kier alpha value is -1.22. The molecule has 94 valence electrons. The molecule has 9 heteroatoms. The molecule has 0 bridgehead atoms. The number of carbonyl (C=O) groups is 1. The average Bonchev–Trinajstić information content (AvgIpc) is 2.15. The Kier molecular flexibility index (Phi) is 4.40. The zero-order valence-corrected chi connectivity index (χ0v) is 9.89. The highest BCUT2D eigenvalue weighted by atomic mass is 35.5. The number of benzene rings is 1. The van der Waals surface area contributed by atoms with Crippen LogP contribution in [-0.4, -0.2) is 20.9 Å². The summed E-state index contributed by atoms with van der Waals surface area (Å²) >= 11 is 5.47. The van der Waals surface area contributed by atoms with Crippen LogP contribution in [0, 0.1) is 5.82 Å². The molecule has 0 heterocycles. The molecule has 3 N–H and O–H groups in total. The lowest BCUT2D eigenvalue weighted by molar-refractivity contribution is -0.123. The number of hydrogen-bond donors (Lipinski definition) is 2. The first-order valence-electron chi connectivity index (χ1n) is 4.20. The number of primary amides is 1. The van der Waals surface area contributed by atoms with Crippen molar-refractivity contribution in [2.75, 3.05) is 6.61 Å². The van der Waals surface area contributed by atoms with E-state index in [1.807, 2.05) is 0 Å². The summed E-state index contributed by atoms with van der Waals surface area (Å²) in [6, 6.07) is 3.01. The van der Waals surface area contributed by atoms with Crippen LogP contribution >= 0.6 is 11.6 Å². The van der Waals surface area contributed by atoms with Crippen molar-refractivity contribution >= 4 is 27.5 Å². The van der Waals surface area contributed by atoms with Gasteiger partial charge in [-0.3, -0.25) is 9.63 Å². The molecular formula is C8H8ClFN2O4S. The van der Waals surface area contributed by atoms with Crippen LogP contribution in [-0.2, 0) is 19.7 Å². The van der Waals surface area contributed by atoms with Crippen molar-refractivity contribution in [1.82, 2.24) is 4.89 Å². The van der Waals surface area contributed by atoms with E-state index in [-0.39, 0.29) is 5.02 Å². The van der Waals surface area contributed by atoms with Crippen molar-refractivity contribution in [2.24, 2.45) is 5.73 Å². The fraction of sp³-hybridized carbons (Fsp3) is 0.125. The molecule has 0 aliphatic carbocycles. The minimum atomic E-state index is -4.22. The molecule has 0 fully saturated rings. The van der Waals surface area contributed by atoms with Crippen LogP contribution in [0.3, 0.4) is 0 Å². The van der Waals surface area contributed by atoms with E-state index < -0.39 is 33.3 Å². The summed E-state index contributed by atoms with van der Waals surface area (Å²) in [7, 11) is -4.22. The van der Waals surface area contributed by atoms with E-state index in [0.29, 0.717) is 0 Å². The smallest absolute Gasteiger partial charge is 0.265 e. The SMILES string of the molecule is NC(=O)CONS(=O)(=O)c1ccc(Cl)cc1F. The summed E-state index contributed by atoms with van der Waals surface area (Å²) in [6.45, 7) is -0.658. The van der Waals surface area contributed by atoms with Gasteiger partial charge in [-0.05, 0) is 18.2 Å². The topological polar surface area (TPSA) is 98.5 Å². The van der Waals surface area contributed by atoms with E-state index >= 15 is 0 Å². The number of hydrogen-bond acceptors (Lipinski definition) is 4. The number of nitrogens with two attached hydrogens (primary N) is 1. The van der Waals surface area contributed by atoms with Crippen LogP contribution < -0.4 is 10.6 Å². The maximum atomic E-state index is 13.3. The van der Waals surface area contributed by atoms with E-state index in [9.17, 15) is 17.6 Å². The van der Waals surface area contributed by atoms with E-state index in [4.69, 9.17) is 17.3 Å². The summed E-state index contributed by atoms with van der Waals surface area (Å²) in [5.74, 6) is -1.91. The maximum Gasteiger partial charge on any atom is 0.265 e. The van der Waals surface area contributed by atoms with Crippen molar-refractivity contribution in [1.29, 1.82) is 0 Å². The molecule has 0 unspecified atom stereocenters. The van der Waals surface area contributed by atoms with Gasteiger partial charge in [0.15, 0.2) is 0 Å². The van der Waals surface area contributed by atoms with Gasteiger partial charge < -0.3 is 5.73 Å². The van der Waals surface area contributed by atoms with Crippen molar-refractivity contribution in [2.45, 2.75) is 4.90 Å². The Bertz CT molecular complexity index is 534. The third-order valence-corrected chi connectivity index (χ3v) is 3.05. The van der Waals surface area contributed by atoms with Gasteiger partial charge in [-0.1, -0.05) is 16.5 Å². The molecular weight excluding hydrogens is 275 g/mol. The predicted molar refractivity (Wildman–Crippen MR) is 56.9 cm³/mol. The highest BCUT2D eigenvalue weighted by Crippen LogP contribution is 2.18. The van der Waals surface area contributed by atoms with Crippen LogP contribution in [0.4, 0.5) is 4.39 Å². The number of sulfonamides is 1. The Labute approximate surface area is 102 Å². The zero-order valence-electron chi connectivity index (χ0n) is 8.31. The van der Waals surface area contributed by atoms with Gasteiger partial charge >= 0.3 is 0 Å². The van der Waals surface area contributed by atoms with E-state index in [0.717, 1.165) is 12.1 Å². The number of rotatable bonds is 5. The quantitative estimate of drug-likeness (QED) is 0.752. The molecule has 0 spiro atoms. The standard InChI is InChI=1S/C8H8ClFN2O4S/c9-5-1-2-7(6(10)3-5)17(14,15)12-16-4-8(11)13/h1-3,12H,4H2,(H2,11,13). The van der Waals surface area contributed by atoms with Crippen LogP contribution in [0.25, 0.3) is 0 Å².